The van der Waals surface area contributed by atoms with E-state index in [9.17, 15) is 15.3 Å². The number of carbonyl (C=O) groups excluding carboxylic acids is 1. The molecule has 0 atom stereocenters. The summed E-state index contributed by atoms with van der Waals surface area (Å²) in [5.41, 5.74) is 6.70. The summed E-state index contributed by atoms with van der Waals surface area (Å²) in [6.07, 6.45) is 11.9. The van der Waals surface area contributed by atoms with Gasteiger partial charge in [0.25, 0.3) is 0 Å². The van der Waals surface area contributed by atoms with Gasteiger partial charge < -0.3 is 11.1 Å². The third kappa shape index (κ3) is 2.99. The molecule has 6 heteroatoms. The van der Waals surface area contributed by atoms with Gasteiger partial charge in [0.15, 0.2) is 0 Å². The van der Waals surface area contributed by atoms with Crippen molar-refractivity contribution in [2.75, 3.05) is 5.75 Å². The minimum absolute atomic E-state index is 0.120. The molecule has 30 heavy (non-hydrogen) atoms. The van der Waals surface area contributed by atoms with Crippen molar-refractivity contribution in [2.24, 2.45) is 34.3 Å². The summed E-state index contributed by atoms with van der Waals surface area (Å²) in [5, 5.41) is 23.7. The minimum Gasteiger partial charge on any atom is -0.384 e. The highest BCUT2D eigenvalue weighted by molar-refractivity contribution is 8.03. The second-order valence-corrected chi connectivity index (χ2v) is 11.4. The van der Waals surface area contributed by atoms with Crippen LogP contribution in [0, 0.1) is 51.2 Å². The Kier molecular flexibility index (Phi) is 4.90. The Bertz CT molecular complexity index is 877. The van der Waals surface area contributed by atoms with Crippen molar-refractivity contribution in [2.45, 2.75) is 70.6 Å². The summed E-state index contributed by atoms with van der Waals surface area (Å²) in [6, 6.07) is 4.69. The quantitative estimate of drug-likeness (QED) is 0.692. The Labute approximate surface area is 183 Å². The maximum atomic E-state index is 13.5. The summed E-state index contributed by atoms with van der Waals surface area (Å²) in [4.78, 5) is 13.5. The Balaban J connectivity index is 1.38. The Morgan fingerprint density at radius 2 is 1.57 bits per heavy atom. The van der Waals surface area contributed by atoms with Gasteiger partial charge in [-0.3, -0.25) is 4.79 Å². The summed E-state index contributed by atoms with van der Waals surface area (Å²) >= 11 is 1.44. The summed E-state index contributed by atoms with van der Waals surface area (Å²) in [7, 11) is 0. The molecule has 1 spiro atoms. The molecule has 5 aliphatic carbocycles. The molecule has 5 nitrogen and oxygen atoms in total. The molecule has 1 aliphatic heterocycles. The number of nitriles is 2. The highest BCUT2D eigenvalue weighted by atomic mass is 32.2. The molecule has 0 saturated heterocycles. The molecule has 0 radical (unpaired) electrons. The van der Waals surface area contributed by atoms with Gasteiger partial charge in [-0.1, -0.05) is 31.0 Å². The SMILES string of the molecule is N#CC1=C(N)NC(SCC(=O)C23CC4CC(CC(C4)C2)C3)=C(C#N)C12CCCCC2. The lowest BCUT2D eigenvalue weighted by Gasteiger charge is -2.56. The van der Waals surface area contributed by atoms with Crippen molar-refractivity contribution >= 4 is 17.5 Å². The predicted octanol–water partition coefficient (Wildman–Crippen LogP) is 4.49. The number of hydrogen-bond donors (Lipinski definition) is 2. The number of hydrogen-bond acceptors (Lipinski definition) is 6. The lowest BCUT2D eigenvalue weighted by Crippen LogP contribution is -2.50. The van der Waals surface area contributed by atoms with Crippen LogP contribution >= 0.6 is 11.8 Å². The van der Waals surface area contributed by atoms with Gasteiger partial charge in [-0.15, -0.1) is 0 Å². The molecule has 0 aromatic heterocycles. The van der Waals surface area contributed by atoms with Crippen molar-refractivity contribution < 1.29 is 4.79 Å². The largest absolute Gasteiger partial charge is 0.384 e. The molecule has 3 N–H and O–H groups in total. The lowest BCUT2D eigenvalue weighted by atomic mass is 9.48. The first-order chi connectivity index (χ1) is 14.5. The van der Waals surface area contributed by atoms with Crippen LogP contribution in [0.15, 0.2) is 22.0 Å². The van der Waals surface area contributed by atoms with Crippen LogP contribution in [-0.4, -0.2) is 11.5 Å². The van der Waals surface area contributed by atoms with E-state index in [-0.39, 0.29) is 5.41 Å². The van der Waals surface area contributed by atoms with Gasteiger partial charge in [0, 0.05) is 10.8 Å². The Morgan fingerprint density at radius 1 is 1.00 bits per heavy atom. The highest BCUT2D eigenvalue weighted by Crippen LogP contribution is 2.60. The van der Waals surface area contributed by atoms with Gasteiger partial charge in [-0.2, -0.15) is 10.5 Å². The summed E-state index contributed by atoms with van der Waals surface area (Å²) in [6.45, 7) is 0. The number of dihydropyridines is 1. The first kappa shape index (κ1) is 20.0. The van der Waals surface area contributed by atoms with Crippen molar-refractivity contribution in [1.29, 1.82) is 10.5 Å². The molecule has 4 bridgehead atoms. The molecular formula is C24H30N4OS. The summed E-state index contributed by atoms with van der Waals surface area (Å²) < 4.78 is 0. The molecule has 6 rings (SSSR count). The monoisotopic (exact) mass is 422 g/mol. The molecule has 5 fully saturated rings. The van der Waals surface area contributed by atoms with Crippen LogP contribution in [0.3, 0.4) is 0 Å². The second-order valence-electron chi connectivity index (χ2n) is 10.4. The van der Waals surface area contributed by atoms with E-state index >= 15 is 0 Å². The van der Waals surface area contributed by atoms with Crippen molar-refractivity contribution in [1.82, 2.24) is 5.32 Å². The van der Waals surface area contributed by atoms with E-state index in [0.29, 0.717) is 33.5 Å². The van der Waals surface area contributed by atoms with Crippen LogP contribution in [0.2, 0.25) is 0 Å². The van der Waals surface area contributed by atoms with Crippen LogP contribution in [-0.2, 0) is 4.79 Å². The fourth-order valence-corrected chi connectivity index (χ4v) is 8.83. The topological polar surface area (TPSA) is 103 Å². The number of thioether (sulfide) groups is 1. The first-order valence-electron chi connectivity index (χ1n) is 11.5. The van der Waals surface area contributed by atoms with E-state index < -0.39 is 5.41 Å². The highest BCUT2D eigenvalue weighted by Gasteiger charge is 2.54. The van der Waals surface area contributed by atoms with Gasteiger partial charge in [-0.25, -0.2) is 0 Å². The zero-order valence-corrected chi connectivity index (χ0v) is 18.3. The third-order valence-electron chi connectivity index (χ3n) is 8.61. The molecule has 0 unspecified atom stereocenters. The molecular weight excluding hydrogens is 392 g/mol. The normalized spacial score (nSPS) is 36.4. The fourth-order valence-electron chi connectivity index (χ4n) is 7.68. The van der Waals surface area contributed by atoms with Gasteiger partial charge >= 0.3 is 0 Å². The van der Waals surface area contributed by atoms with Gasteiger partial charge in [0.1, 0.15) is 11.6 Å². The Hall–Kier alpha value is -1.92. The molecule has 5 saturated carbocycles. The second kappa shape index (κ2) is 7.34. The average molecular weight is 423 g/mol. The maximum absolute atomic E-state index is 13.5. The van der Waals surface area contributed by atoms with Crippen LogP contribution in [0.5, 0.6) is 0 Å². The van der Waals surface area contributed by atoms with Crippen LogP contribution in [0.4, 0.5) is 0 Å². The number of allylic oxidation sites excluding steroid dienone is 2. The fraction of sp³-hybridized carbons (Fsp3) is 0.708. The maximum Gasteiger partial charge on any atom is 0.149 e. The number of nitrogens with two attached hydrogens (primary N) is 1. The first-order valence-corrected chi connectivity index (χ1v) is 12.5. The number of ketones is 1. The van der Waals surface area contributed by atoms with Gasteiger partial charge in [0.2, 0.25) is 0 Å². The average Bonchev–Trinajstić information content (AvgIpc) is 2.72. The number of carbonyl (C=O) groups is 1. The van der Waals surface area contributed by atoms with E-state index in [1.807, 2.05) is 0 Å². The molecule has 0 amide bonds. The van der Waals surface area contributed by atoms with Crippen LogP contribution in [0.25, 0.3) is 0 Å². The summed E-state index contributed by atoms with van der Waals surface area (Å²) in [5.74, 6) is 3.36. The number of nitrogens with one attached hydrogen (secondary N) is 1. The van der Waals surface area contributed by atoms with E-state index in [0.717, 1.165) is 69.1 Å². The zero-order chi connectivity index (χ0) is 20.9. The van der Waals surface area contributed by atoms with Crippen molar-refractivity contribution in [3.8, 4) is 12.1 Å². The number of rotatable bonds is 4. The van der Waals surface area contributed by atoms with Crippen LogP contribution in [0.1, 0.15) is 70.6 Å². The molecule has 0 aromatic carbocycles. The molecule has 158 valence electrons. The zero-order valence-electron chi connectivity index (χ0n) is 17.5. The molecule has 6 aliphatic rings. The van der Waals surface area contributed by atoms with E-state index in [2.05, 4.69) is 17.5 Å². The van der Waals surface area contributed by atoms with Gasteiger partial charge in [0.05, 0.1) is 34.1 Å². The molecule has 0 aromatic rings. The van der Waals surface area contributed by atoms with E-state index in [1.165, 1.54) is 31.0 Å². The Morgan fingerprint density at radius 3 is 2.10 bits per heavy atom. The van der Waals surface area contributed by atoms with E-state index in [1.54, 1.807) is 0 Å². The van der Waals surface area contributed by atoms with Crippen molar-refractivity contribution in [3.05, 3.63) is 22.0 Å². The molecule has 1 heterocycles. The third-order valence-corrected chi connectivity index (χ3v) is 9.61. The predicted molar refractivity (Wildman–Crippen MR) is 116 cm³/mol. The van der Waals surface area contributed by atoms with Gasteiger partial charge in [-0.05, 0) is 69.1 Å². The van der Waals surface area contributed by atoms with E-state index in [4.69, 9.17) is 5.73 Å². The number of nitrogens with zero attached hydrogens (tertiary/aromatic N) is 2. The minimum atomic E-state index is -0.566. The smallest absolute Gasteiger partial charge is 0.149 e. The standard InChI is InChI=1S/C24H30N4OS/c25-12-18-21(27)28-22(19(13-26)24(18)4-2-1-3-5-24)30-14-20(29)23-9-15-6-16(10-23)8-17(7-15)11-23/h15-17,28H,1-11,14,27H2. The number of Topliss-reactive ketones (excluding diaryl/α,β-unsaturated/α-hetero) is 1. The lowest BCUT2D eigenvalue weighted by molar-refractivity contribution is -0.141. The van der Waals surface area contributed by atoms with Crippen molar-refractivity contribution in [3.63, 3.8) is 0 Å². The van der Waals surface area contributed by atoms with Crippen LogP contribution < -0.4 is 11.1 Å².